The van der Waals surface area contributed by atoms with Crippen LogP contribution in [-0.2, 0) is 6.61 Å². The van der Waals surface area contributed by atoms with E-state index < -0.39 is 0 Å². The predicted molar refractivity (Wildman–Crippen MR) is 90.9 cm³/mol. The molecule has 0 radical (unpaired) electrons. The van der Waals surface area contributed by atoms with E-state index in [1.54, 1.807) is 11.3 Å². The van der Waals surface area contributed by atoms with Crippen molar-refractivity contribution >= 4 is 11.3 Å². The Morgan fingerprint density at radius 1 is 1.05 bits per heavy atom. The molecule has 0 bridgehead atoms. The minimum absolute atomic E-state index is 0.0323. The van der Waals surface area contributed by atoms with Crippen molar-refractivity contribution in [2.75, 3.05) is 0 Å². The Labute approximate surface area is 134 Å². The molecular formula is C18H18N2OS. The average molecular weight is 310 g/mol. The monoisotopic (exact) mass is 310 g/mol. The van der Waals surface area contributed by atoms with Crippen LogP contribution in [0.4, 0.5) is 0 Å². The van der Waals surface area contributed by atoms with Crippen LogP contribution in [-0.4, -0.2) is 4.98 Å². The molecule has 0 saturated heterocycles. The number of aromatic nitrogens is 1. The third-order valence-electron chi connectivity index (χ3n) is 3.36. The second kappa shape index (κ2) is 6.73. The molecule has 3 rings (SSSR count). The smallest absolute Gasteiger partial charge is 0.140 e. The van der Waals surface area contributed by atoms with Crippen LogP contribution in [0.2, 0.25) is 0 Å². The van der Waals surface area contributed by atoms with E-state index in [1.165, 1.54) is 11.1 Å². The van der Waals surface area contributed by atoms with Gasteiger partial charge in [0.2, 0.25) is 0 Å². The summed E-state index contributed by atoms with van der Waals surface area (Å²) < 4.78 is 5.78. The maximum absolute atomic E-state index is 5.81. The number of hydrogen-bond donors (Lipinski definition) is 1. The van der Waals surface area contributed by atoms with E-state index in [4.69, 9.17) is 10.5 Å². The summed E-state index contributed by atoms with van der Waals surface area (Å²) in [4.78, 5) is 4.46. The minimum Gasteiger partial charge on any atom is -0.486 e. The molecule has 4 heteroatoms. The number of ether oxygens (including phenoxy) is 1. The number of hydrogen-bond acceptors (Lipinski definition) is 4. The van der Waals surface area contributed by atoms with Gasteiger partial charge in [-0.3, -0.25) is 0 Å². The molecule has 1 aromatic heterocycles. The third kappa shape index (κ3) is 3.53. The lowest BCUT2D eigenvalue weighted by atomic mass is 10.1. The third-order valence-corrected chi connectivity index (χ3v) is 4.20. The molecule has 2 N–H and O–H groups in total. The Bertz CT molecular complexity index is 720. The van der Waals surface area contributed by atoms with Crippen molar-refractivity contribution in [1.82, 2.24) is 4.98 Å². The van der Waals surface area contributed by atoms with E-state index >= 15 is 0 Å². The van der Waals surface area contributed by atoms with Crippen molar-refractivity contribution in [3.8, 4) is 16.9 Å². The fourth-order valence-electron chi connectivity index (χ4n) is 2.12. The predicted octanol–water partition coefficient (Wildman–Crippen LogP) is 4.41. The number of nitrogens with two attached hydrogens (primary N) is 1. The summed E-state index contributed by atoms with van der Waals surface area (Å²) in [6.45, 7) is 2.41. The van der Waals surface area contributed by atoms with Crippen molar-refractivity contribution in [2.24, 2.45) is 5.73 Å². The number of benzene rings is 2. The maximum atomic E-state index is 5.81. The molecule has 0 saturated carbocycles. The molecule has 22 heavy (non-hydrogen) atoms. The van der Waals surface area contributed by atoms with Crippen LogP contribution in [0.15, 0.2) is 60.0 Å². The first kappa shape index (κ1) is 14.8. The van der Waals surface area contributed by atoms with Crippen molar-refractivity contribution < 1.29 is 4.74 Å². The van der Waals surface area contributed by atoms with Gasteiger partial charge in [-0.15, -0.1) is 11.3 Å². The number of nitrogens with zero attached hydrogens (tertiary/aromatic N) is 1. The summed E-state index contributed by atoms with van der Waals surface area (Å²) in [6.07, 6.45) is 0. The zero-order chi connectivity index (χ0) is 15.4. The van der Waals surface area contributed by atoms with Crippen LogP contribution in [0.5, 0.6) is 5.75 Å². The van der Waals surface area contributed by atoms with Gasteiger partial charge in [0, 0.05) is 11.4 Å². The molecule has 0 fully saturated rings. The van der Waals surface area contributed by atoms with Gasteiger partial charge in [0.1, 0.15) is 17.4 Å². The van der Waals surface area contributed by atoms with Gasteiger partial charge in [-0.25, -0.2) is 4.98 Å². The van der Waals surface area contributed by atoms with E-state index in [0.29, 0.717) is 6.61 Å². The second-order valence-corrected chi connectivity index (χ2v) is 6.08. The van der Waals surface area contributed by atoms with Crippen LogP contribution >= 0.6 is 11.3 Å². The quantitative estimate of drug-likeness (QED) is 0.759. The largest absolute Gasteiger partial charge is 0.486 e. The Morgan fingerprint density at radius 3 is 2.36 bits per heavy atom. The molecule has 3 aromatic rings. The molecule has 2 aromatic carbocycles. The molecule has 0 amide bonds. The highest BCUT2D eigenvalue weighted by molar-refractivity contribution is 7.09. The van der Waals surface area contributed by atoms with Gasteiger partial charge in [-0.05, 0) is 30.2 Å². The Morgan fingerprint density at radius 2 is 1.73 bits per heavy atom. The first-order valence-electron chi connectivity index (χ1n) is 7.20. The van der Waals surface area contributed by atoms with Crippen molar-refractivity contribution in [3.63, 3.8) is 0 Å². The Kier molecular flexibility index (Phi) is 4.51. The summed E-state index contributed by atoms with van der Waals surface area (Å²) in [7, 11) is 0. The van der Waals surface area contributed by atoms with E-state index in [0.717, 1.165) is 16.5 Å². The second-order valence-electron chi connectivity index (χ2n) is 5.13. The van der Waals surface area contributed by atoms with Crippen molar-refractivity contribution in [3.05, 3.63) is 70.7 Å². The van der Waals surface area contributed by atoms with Crippen molar-refractivity contribution in [1.29, 1.82) is 0 Å². The first-order valence-corrected chi connectivity index (χ1v) is 8.08. The zero-order valence-electron chi connectivity index (χ0n) is 12.4. The SMILES string of the molecule is CC(N)c1csc(COc2ccc(-c3ccccc3)cc2)n1. The number of thiazole rings is 1. The topological polar surface area (TPSA) is 48.1 Å². The normalized spacial score (nSPS) is 12.1. The van der Waals surface area contributed by atoms with Gasteiger partial charge in [0.25, 0.3) is 0 Å². The van der Waals surface area contributed by atoms with Crippen LogP contribution in [0.1, 0.15) is 23.7 Å². The lowest BCUT2D eigenvalue weighted by molar-refractivity contribution is 0.305. The fraction of sp³-hybridized carbons (Fsp3) is 0.167. The van der Waals surface area contributed by atoms with Gasteiger partial charge in [-0.2, -0.15) is 0 Å². The molecule has 1 unspecified atom stereocenters. The zero-order valence-corrected chi connectivity index (χ0v) is 13.2. The van der Waals surface area contributed by atoms with E-state index in [2.05, 4.69) is 29.2 Å². The molecule has 0 aliphatic rings. The summed E-state index contributed by atoms with van der Waals surface area (Å²) in [5.41, 5.74) is 9.12. The lowest BCUT2D eigenvalue weighted by Crippen LogP contribution is -2.05. The lowest BCUT2D eigenvalue weighted by Gasteiger charge is -2.06. The molecule has 3 nitrogen and oxygen atoms in total. The van der Waals surface area contributed by atoms with Gasteiger partial charge < -0.3 is 10.5 Å². The summed E-state index contributed by atoms with van der Waals surface area (Å²) in [6, 6.07) is 18.4. The van der Waals surface area contributed by atoms with E-state index in [1.807, 2.05) is 42.6 Å². The number of rotatable bonds is 5. The van der Waals surface area contributed by atoms with E-state index in [9.17, 15) is 0 Å². The molecule has 0 aliphatic carbocycles. The van der Waals surface area contributed by atoms with Crippen LogP contribution < -0.4 is 10.5 Å². The molecular weight excluding hydrogens is 292 g/mol. The van der Waals surface area contributed by atoms with Gasteiger partial charge in [-0.1, -0.05) is 42.5 Å². The highest BCUT2D eigenvalue weighted by Crippen LogP contribution is 2.23. The molecule has 1 atom stereocenters. The summed E-state index contributed by atoms with van der Waals surface area (Å²) in [5, 5.41) is 2.93. The van der Waals surface area contributed by atoms with Gasteiger partial charge in [0.15, 0.2) is 0 Å². The summed E-state index contributed by atoms with van der Waals surface area (Å²) >= 11 is 1.58. The molecule has 0 aliphatic heterocycles. The highest BCUT2D eigenvalue weighted by Gasteiger charge is 2.06. The van der Waals surface area contributed by atoms with Crippen LogP contribution in [0.3, 0.4) is 0 Å². The van der Waals surface area contributed by atoms with Gasteiger partial charge >= 0.3 is 0 Å². The minimum atomic E-state index is -0.0323. The highest BCUT2D eigenvalue weighted by atomic mass is 32.1. The average Bonchev–Trinajstić information content (AvgIpc) is 3.04. The molecule has 1 heterocycles. The Hall–Kier alpha value is -2.17. The van der Waals surface area contributed by atoms with Crippen molar-refractivity contribution in [2.45, 2.75) is 19.6 Å². The maximum Gasteiger partial charge on any atom is 0.140 e. The molecule has 112 valence electrons. The van der Waals surface area contributed by atoms with Crippen LogP contribution in [0.25, 0.3) is 11.1 Å². The van der Waals surface area contributed by atoms with Gasteiger partial charge in [0.05, 0.1) is 5.69 Å². The fourth-order valence-corrected chi connectivity index (χ4v) is 2.93. The summed E-state index contributed by atoms with van der Waals surface area (Å²) in [5.74, 6) is 0.845. The Balaban J connectivity index is 1.63. The standard InChI is InChI=1S/C18H18N2OS/c1-13(19)17-12-22-18(20-17)11-21-16-9-7-15(8-10-16)14-5-3-2-4-6-14/h2-10,12-13H,11,19H2,1H3. The van der Waals surface area contributed by atoms with Crippen LogP contribution in [0, 0.1) is 0 Å². The first-order chi connectivity index (χ1) is 10.7. The molecule has 0 spiro atoms. The van der Waals surface area contributed by atoms with E-state index in [-0.39, 0.29) is 6.04 Å².